The van der Waals surface area contributed by atoms with Crippen molar-refractivity contribution in [2.75, 3.05) is 5.32 Å². The monoisotopic (exact) mass is 421 g/mol. The molecule has 1 N–H and O–H groups in total. The summed E-state index contributed by atoms with van der Waals surface area (Å²) in [6, 6.07) is 5.52. The Kier molecular flexibility index (Phi) is 5.75. The van der Waals surface area contributed by atoms with Crippen molar-refractivity contribution in [1.82, 2.24) is 9.88 Å². The first-order chi connectivity index (χ1) is 14.0. The van der Waals surface area contributed by atoms with Crippen LogP contribution in [0.25, 0.3) is 0 Å². The Labute approximate surface area is 170 Å². The Morgan fingerprint density at radius 3 is 2.72 bits per heavy atom. The highest BCUT2D eigenvalue weighted by atomic mass is 32.1. The van der Waals surface area contributed by atoms with Crippen molar-refractivity contribution in [3.05, 3.63) is 40.4 Å². The molecule has 1 unspecified atom stereocenters. The second-order valence-electron chi connectivity index (χ2n) is 7.18. The van der Waals surface area contributed by atoms with E-state index >= 15 is 0 Å². The lowest BCUT2D eigenvalue weighted by Gasteiger charge is -2.24. The summed E-state index contributed by atoms with van der Waals surface area (Å²) in [5.41, 5.74) is 1.81. The van der Waals surface area contributed by atoms with Gasteiger partial charge < -0.3 is 15.0 Å². The molecule has 9 heteroatoms. The summed E-state index contributed by atoms with van der Waals surface area (Å²) in [5.74, 6) is -0.283. The number of carbonyl (C=O) groups excluding carboxylic acids is 2. The first kappa shape index (κ1) is 19.8. The molecule has 6 nitrogen and oxygen atoms in total. The van der Waals surface area contributed by atoms with Gasteiger partial charge in [0, 0.05) is 17.8 Å². The maximum absolute atomic E-state index is 12.8. The molecule has 0 radical (unpaired) electrons. The Morgan fingerprint density at radius 1 is 1.24 bits per heavy atom. The van der Waals surface area contributed by atoms with Gasteiger partial charge in [-0.2, -0.15) is 8.78 Å². The van der Waals surface area contributed by atoms with Crippen LogP contribution < -0.4 is 10.1 Å². The molecular weight excluding hydrogens is 400 g/mol. The number of ether oxygens (including phenoxy) is 1. The van der Waals surface area contributed by atoms with Gasteiger partial charge in [-0.1, -0.05) is 12.1 Å². The molecule has 1 aliphatic carbocycles. The van der Waals surface area contributed by atoms with Crippen LogP contribution in [0.5, 0.6) is 5.75 Å². The number of nitrogens with one attached hydrogen (secondary N) is 1. The van der Waals surface area contributed by atoms with E-state index < -0.39 is 12.7 Å². The second kappa shape index (κ2) is 8.44. The van der Waals surface area contributed by atoms with Gasteiger partial charge in [-0.3, -0.25) is 9.59 Å². The SMILES string of the molecule is O=C(Nc1nc2c(s1)CCCC2)C1CCC(=O)N1Cc1ccc(OC(F)F)cc1. The summed E-state index contributed by atoms with van der Waals surface area (Å²) in [6.07, 6.45) is 4.97. The van der Waals surface area contributed by atoms with Crippen LogP contribution in [-0.4, -0.2) is 34.4 Å². The van der Waals surface area contributed by atoms with E-state index in [-0.39, 0.29) is 24.1 Å². The predicted molar refractivity (Wildman–Crippen MR) is 104 cm³/mol. The molecule has 154 valence electrons. The molecule has 1 fully saturated rings. The van der Waals surface area contributed by atoms with E-state index in [0.717, 1.165) is 36.9 Å². The number of alkyl halides is 2. The number of benzene rings is 1. The van der Waals surface area contributed by atoms with E-state index in [2.05, 4.69) is 15.0 Å². The molecule has 4 rings (SSSR count). The van der Waals surface area contributed by atoms with Crippen molar-refractivity contribution < 1.29 is 23.1 Å². The number of aryl methyl sites for hydroxylation is 2. The number of rotatable bonds is 6. The molecule has 1 aromatic heterocycles. The van der Waals surface area contributed by atoms with Crippen molar-refractivity contribution >= 4 is 28.3 Å². The van der Waals surface area contributed by atoms with Crippen molar-refractivity contribution in [2.24, 2.45) is 0 Å². The molecule has 0 bridgehead atoms. The standard InChI is InChI=1S/C20H21F2N3O3S/c21-19(22)28-13-7-5-12(6-8-13)11-25-15(9-10-17(25)26)18(27)24-20-23-14-3-1-2-4-16(14)29-20/h5-8,15,19H,1-4,9-11H2,(H,23,24,27). The van der Waals surface area contributed by atoms with Gasteiger partial charge in [-0.05, 0) is 49.8 Å². The number of hydrogen-bond acceptors (Lipinski definition) is 5. The van der Waals surface area contributed by atoms with E-state index in [9.17, 15) is 18.4 Å². The van der Waals surface area contributed by atoms with Crippen molar-refractivity contribution in [3.63, 3.8) is 0 Å². The molecule has 1 aliphatic heterocycles. The maximum Gasteiger partial charge on any atom is 0.387 e. The summed E-state index contributed by atoms with van der Waals surface area (Å²) in [6.45, 7) is -2.65. The highest BCUT2D eigenvalue weighted by molar-refractivity contribution is 7.15. The number of likely N-dealkylation sites (tertiary alicyclic amines) is 1. The molecule has 29 heavy (non-hydrogen) atoms. The van der Waals surface area contributed by atoms with Gasteiger partial charge in [0.1, 0.15) is 11.8 Å². The summed E-state index contributed by atoms with van der Waals surface area (Å²) < 4.78 is 28.9. The zero-order valence-electron chi connectivity index (χ0n) is 15.7. The molecular formula is C20H21F2N3O3S. The number of nitrogens with zero attached hydrogens (tertiary/aromatic N) is 2. The van der Waals surface area contributed by atoms with Crippen LogP contribution in [0.1, 0.15) is 41.8 Å². The van der Waals surface area contributed by atoms with Crippen molar-refractivity contribution in [3.8, 4) is 5.75 Å². The third-order valence-electron chi connectivity index (χ3n) is 5.21. The third-order valence-corrected chi connectivity index (χ3v) is 6.28. The molecule has 0 spiro atoms. The van der Waals surface area contributed by atoms with E-state index in [0.29, 0.717) is 18.0 Å². The molecule has 1 atom stereocenters. The zero-order valence-corrected chi connectivity index (χ0v) is 16.5. The largest absolute Gasteiger partial charge is 0.435 e. The number of anilines is 1. The Morgan fingerprint density at radius 2 is 2.00 bits per heavy atom. The van der Waals surface area contributed by atoms with Gasteiger partial charge in [0.15, 0.2) is 5.13 Å². The predicted octanol–water partition coefficient (Wildman–Crippen LogP) is 3.75. The Hall–Kier alpha value is -2.55. The second-order valence-corrected chi connectivity index (χ2v) is 8.27. The quantitative estimate of drug-likeness (QED) is 0.771. The lowest BCUT2D eigenvalue weighted by atomic mass is 10.0. The van der Waals surface area contributed by atoms with E-state index in [1.165, 1.54) is 33.2 Å². The normalized spacial score (nSPS) is 18.8. The molecule has 2 heterocycles. The van der Waals surface area contributed by atoms with Gasteiger partial charge in [0.2, 0.25) is 11.8 Å². The average Bonchev–Trinajstić information content (AvgIpc) is 3.26. The number of carbonyl (C=O) groups is 2. The van der Waals surface area contributed by atoms with Crippen LogP contribution in [0.15, 0.2) is 24.3 Å². The fourth-order valence-corrected chi connectivity index (χ4v) is 4.82. The van der Waals surface area contributed by atoms with E-state index in [4.69, 9.17) is 0 Å². The summed E-state index contributed by atoms with van der Waals surface area (Å²) in [5, 5.41) is 3.47. The van der Waals surface area contributed by atoms with Crippen molar-refractivity contribution in [2.45, 2.75) is 57.7 Å². The maximum atomic E-state index is 12.8. The number of fused-ring (bicyclic) bond motifs is 1. The number of hydrogen-bond donors (Lipinski definition) is 1. The molecule has 0 saturated carbocycles. The van der Waals surface area contributed by atoms with Crippen molar-refractivity contribution in [1.29, 1.82) is 0 Å². The topological polar surface area (TPSA) is 71.5 Å². The van der Waals surface area contributed by atoms with E-state index in [1.807, 2.05) is 0 Å². The number of amides is 2. The van der Waals surface area contributed by atoms with Crippen LogP contribution in [0.3, 0.4) is 0 Å². The van der Waals surface area contributed by atoms with Gasteiger partial charge in [0.05, 0.1) is 5.69 Å². The fourth-order valence-electron chi connectivity index (χ4n) is 3.77. The molecule has 1 saturated heterocycles. The minimum atomic E-state index is -2.88. The lowest BCUT2D eigenvalue weighted by Crippen LogP contribution is -2.41. The van der Waals surface area contributed by atoms with Crippen LogP contribution in [0, 0.1) is 0 Å². The van der Waals surface area contributed by atoms with Gasteiger partial charge in [-0.25, -0.2) is 4.98 Å². The van der Waals surface area contributed by atoms with Crippen LogP contribution in [0.4, 0.5) is 13.9 Å². The van der Waals surface area contributed by atoms with Gasteiger partial charge in [0.25, 0.3) is 0 Å². The Bertz CT molecular complexity index is 877. The molecule has 2 aliphatic rings. The number of halogens is 2. The first-order valence-electron chi connectivity index (χ1n) is 9.62. The van der Waals surface area contributed by atoms with Crippen LogP contribution in [-0.2, 0) is 29.0 Å². The molecule has 2 aromatic rings. The summed E-state index contributed by atoms with van der Waals surface area (Å²) >= 11 is 1.51. The third kappa shape index (κ3) is 4.55. The highest BCUT2D eigenvalue weighted by Crippen LogP contribution is 2.30. The average molecular weight is 421 g/mol. The van der Waals surface area contributed by atoms with Gasteiger partial charge >= 0.3 is 6.61 Å². The highest BCUT2D eigenvalue weighted by Gasteiger charge is 2.36. The summed E-state index contributed by atoms with van der Waals surface area (Å²) in [4.78, 5) is 32.4. The van der Waals surface area contributed by atoms with Crippen LogP contribution in [0.2, 0.25) is 0 Å². The molecule has 1 aromatic carbocycles. The van der Waals surface area contributed by atoms with Crippen LogP contribution >= 0.6 is 11.3 Å². The number of aromatic nitrogens is 1. The summed E-state index contributed by atoms with van der Waals surface area (Å²) in [7, 11) is 0. The minimum absolute atomic E-state index is 0.0542. The first-order valence-corrected chi connectivity index (χ1v) is 10.4. The van der Waals surface area contributed by atoms with Gasteiger partial charge in [-0.15, -0.1) is 11.3 Å². The smallest absolute Gasteiger partial charge is 0.387 e. The fraction of sp³-hybridized carbons (Fsp3) is 0.450. The Balaban J connectivity index is 1.42. The van der Waals surface area contributed by atoms with E-state index in [1.54, 1.807) is 12.1 Å². The molecule has 2 amide bonds. The lowest BCUT2D eigenvalue weighted by molar-refractivity contribution is -0.133. The minimum Gasteiger partial charge on any atom is -0.435 e. The number of thiazole rings is 1. The zero-order chi connectivity index (χ0) is 20.4.